The first-order chi connectivity index (χ1) is 8.21. The fourth-order valence-corrected chi connectivity index (χ4v) is 2.23. The predicted molar refractivity (Wildman–Crippen MR) is 72.3 cm³/mol. The molecule has 0 bridgehead atoms. The van der Waals surface area contributed by atoms with Gasteiger partial charge < -0.3 is 4.90 Å². The van der Waals surface area contributed by atoms with Gasteiger partial charge in [-0.2, -0.15) is 0 Å². The van der Waals surface area contributed by atoms with Gasteiger partial charge in [-0.05, 0) is 30.2 Å². The Bertz CT molecular complexity index is 523. The maximum Gasteiger partial charge on any atom is 0.261 e. The molecule has 1 amide bonds. The molecule has 1 aromatic carbocycles. The Kier molecular flexibility index (Phi) is 4.76. The molecule has 0 spiro atoms. The minimum absolute atomic E-state index is 0.00789. The van der Waals surface area contributed by atoms with Crippen molar-refractivity contribution in [1.29, 1.82) is 0 Å². The number of carbonyl (C=O) groups excluding carboxylic acids is 1. The van der Waals surface area contributed by atoms with Crippen LogP contribution in [-0.4, -0.2) is 21.4 Å². The van der Waals surface area contributed by atoms with Crippen LogP contribution < -0.4 is 4.90 Å². The van der Waals surface area contributed by atoms with E-state index in [1.807, 2.05) is 13.8 Å². The molecule has 0 atom stereocenters. The quantitative estimate of drug-likeness (QED) is 0.801. The van der Waals surface area contributed by atoms with E-state index in [4.69, 9.17) is 10.7 Å². The van der Waals surface area contributed by atoms with E-state index in [9.17, 15) is 13.2 Å². The van der Waals surface area contributed by atoms with E-state index < -0.39 is 9.05 Å². The molecule has 0 saturated carbocycles. The zero-order valence-corrected chi connectivity index (χ0v) is 12.1. The predicted octanol–water partition coefficient (Wildman–Crippen LogP) is 2.62. The number of amides is 1. The van der Waals surface area contributed by atoms with Crippen molar-refractivity contribution in [3.05, 3.63) is 24.3 Å². The minimum Gasteiger partial charge on any atom is -0.315 e. The average Bonchev–Trinajstić information content (AvgIpc) is 2.26. The number of nitrogens with zero attached hydrogens (tertiary/aromatic N) is 1. The van der Waals surface area contributed by atoms with Crippen LogP contribution in [-0.2, 0) is 13.8 Å². The lowest BCUT2D eigenvalue weighted by atomic mass is 10.1. The molecule has 100 valence electrons. The Morgan fingerprint density at radius 1 is 1.28 bits per heavy atom. The van der Waals surface area contributed by atoms with E-state index in [0.29, 0.717) is 12.1 Å². The summed E-state index contributed by atoms with van der Waals surface area (Å²) < 4.78 is 22.2. The van der Waals surface area contributed by atoms with Gasteiger partial charge in [0.25, 0.3) is 9.05 Å². The summed E-state index contributed by atoms with van der Waals surface area (Å²) in [5, 5.41) is 0. The summed E-state index contributed by atoms with van der Waals surface area (Å²) in [5.41, 5.74) is 0.643. The van der Waals surface area contributed by atoms with Crippen molar-refractivity contribution in [2.75, 3.05) is 11.9 Å². The molecule has 18 heavy (non-hydrogen) atoms. The molecule has 0 unspecified atom stereocenters. The molecule has 0 heterocycles. The highest BCUT2D eigenvalue weighted by atomic mass is 35.7. The number of carbonyl (C=O) groups is 1. The van der Waals surface area contributed by atoms with Crippen LogP contribution in [0.25, 0.3) is 0 Å². The molecule has 4 nitrogen and oxygen atoms in total. The van der Waals surface area contributed by atoms with Crippen molar-refractivity contribution in [3.8, 4) is 0 Å². The third-order valence-corrected chi connectivity index (χ3v) is 3.83. The first-order valence-corrected chi connectivity index (χ1v) is 7.84. The zero-order chi connectivity index (χ0) is 13.9. The third kappa shape index (κ3) is 3.99. The summed E-state index contributed by atoms with van der Waals surface area (Å²) in [6, 6.07) is 5.90. The smallest absolute Gasteiger partial charge is 0.261 e. The van der Waals surface area contributed by atoms with Crippen molar-refractivity contribution >= 4 is 31.3 Å². The van der Waals surface area contributed by atoms with Gasteiger partial charge >= 0.3 is 0 Å². The molecule has 0 fully saturated rings. The first kappa shape index (κ1) is 15.0. The second kappa shape index (κ2) is 5.71. The molecule has 0 radical (unpaired) electrons. The monoisotopic (exact) mass is 289 g/mol. The lowest BCUT2D eigenvalue weighted by Gasteiger charge is -2.18. The molecule has 0 N–H and O–H groups in total. The van der Waals surface area contributed by atoms with Gasteiger partial charge in [0.1, 0.15) is 0 Å². The highest BCUT2D eigenvalue weighted by molar-refractivity contribution is 8.13. The van der Waals surface area contributed by atoms with Crippen molar-refractivity contribution in [2.45, 2.75) is 25.2 Å². The van der Waals surface area contributed by atoms with E-state index in [-0.39, 0.29) is 16.7 Å². The topological polar surface area (TPSA) is 54.5 Å². The molecular weight excluding hydrogens is 274 g/mol. The highest BCUT2D eigenvalue weighted by Crippen LogP contribution is 2.20. The van der Waals surface area contributed by atoms with Crippen LogP contribution in [0.2, 0.25) is 0 Å². The van der Waals surface area contributed by atoms with E-state index in [2.05, 4.69) is 0 Å². The zero-order valence-electron chi connectivity index (χ0n) is 10.6. The summed E-state index contributed by atoms with van der Waals surface area (Å²) in [6.07, 6.45) is 0.450. The Labute approximate surface area is 112 Å². The van der Waals surface area contributed by atoms with Gasteiger partial charge in [0.2, 0.25) is 5.91 Å². The summed E-state index contributed by atoms with van der Waals surface area (Å²) in [6.45, 7) is 3.93. The van der Waals surface area contributed by atoms with E-state index >= 15 is 0 Å². The summed E-state index contributed by atoms with van der Waals surface area (Å²) in [4.78, 5) is 13.3. The van der Waals surface area contributed by atoms with Gasteiger partial charge in [-0.25, -0.2) is 8.42 Å². The lowest BCUT2D eigenvalue weighted by molar-refractivity contribution is -0.119. The van der Waals surface area contributed by atoms with Crippen LogP contribution >= 0.6 is 10.7 Å². The van der Waals surface area contributed by atoms with E-state index in [0.717, 1.165) is 0 Å². The average molecular weight is 290 g/mol. The lowest BCUT2D eigenvalue weighted by Crippen LogP contribution is -2.27. The molecular formula is C12H16ClNO3S. The fourth-order valence-electron chi connectivity index (χ4n) is 1.46. The standard InChI is InChI=1S/C12H16ClNO3S/c1-9(2)8-12(15)14(3)10-4-6-11(7-5-10)18(13,16)17/h4-7,9H,8H2,1-3H3. The molecule has 1 rings (SSSR count). The number of halogens is 1. The van der Waals surface area contributed by atoms with Gasteiger partial charge in [-0.15, -0.1) is 0 Å². The Balaban J connectivity index is 2.89. The second-order valence-electron chi connectivity index (χ2n) is 4.48. The van der Waals surface area contributed by atoms with Gasteiger partial charge in [0, 0.05) is 29.8 Å². The summed E-state index contributed by atoms with van der Waals surface area (Å²) in [5.74, 6) is 0.272. The van der Waals surface area contributed by atoms with Crippen molar-refractivity contribution in [1.82, 2.24) is 0 Å². The Morgan fingerprint density at radius 2 is 1.78 bits per heavy atom. The maximum absolute atomic E-state index is 11.8. The Hall–Kier alpha value is -1.07. The normalized spacial score (nSPS) is 11.6. The molecule has 0 aromatic heterocycles. The van der Waals surface area contributed by atoms with Crippen LogP contribution in [0.15, 0.2) is 29.2 Å². The third-order valence-electron chi connectivity index (χ3n) is 2.46. The van der Waals surface area contributed by atoms with Crippen molar-refractivity contribution in [2.24, 2.45) is 5.92 Å². The second-order valence-corrected chi connectivity index (χ2v) is 7.05. The SMILES string of the molecule is CC(C)CC(=O)N(C)c1ccc(S(=O)(=O)Cl)cc1. The van der Waals surface area contributed by atoms with Crippen molar-refractivity contribution < 1.29 is 13.2 Å². The summed E-state index contributed by atoms with van der Waals surface area (Å²) >= 11 is 0. The van der Waals surface area contributed by atoms with Crippen LogP contribution in [0.4, 0.5) is 5.69 Å². The van der Waals surface area contributed by atoms with Gasteiger partial charge in [0.05, 0.1) is 4.90 Å². The molecule has 0 aliphatic heterocycles. The summed E-state index contributed by atoms with van der Waals surface area (Å²) in [7, 11) is 3.16. The highest BCUT2D eigenvalue weighted by Gasteiger charge is 2.14. The van der Waals surface area contributed by atoms with Gasteiger partial charge in [-0.1, -0.05) is 13.8 Å². The number of anilines is 1. The van der Waals surface area contributed by atoms with Crippen LogP contribution in [0.1, 0.15) is 20.3 Å². The molecule has 0 aliphatic rings. The molecule has 6 heteroatoms. The minimum atomic E-state index is -3.72. The fraction of sp³-hybridized carbons (Fsp3) is 0.417. The van der Waals surface area contributed by atoms with Crippen LogP contribution in [0.3, 0.4) is 0 Å². The number of benzene rings is 1. The molecule has 1 aromatic rings. The molecule has 0 saturated heterocycles. The van der Waals surface area contributed by atoms with E-state index in [1.165, 1.54) is 17.0 Å². The largest absolute Gasteiger partial charge is 0.315 e. The Morgan fingerprint density at radius 3 is 2.17 bits per heavy atom. The van der Waals surface area contributed by atoms with E-state index in [1.54, 1.807) is 19.2 Å². The molecule has 0 aliphatic carbocycles. The van der Waals surface area contributed by atoms with Crippen LogP contribution in [0, 0.1) is 5.92 Å². The van der Waals surface area contributed by atoms with Gasteiger partial charge in [-0.3, -0.25) is 4.79 Å². The number of hydrogen-bond acceptors (Lipinski definition) is 3. The number of rotatable bonds is 4. The first-order valence-electron chi connectivity index (χ1n) is 5.53. The van der Waals surface area contributed by atoms with Gasteiger partial charge in [0.15, 0.2) is 0 Å². The van der Waals surface area contributed by atoms with Crippen molar-refractivity contribution in [3.63, 3.8) is 0 Å². The maximum atomic E-state index is 11.8. The number of hydrogen-bond donors (Lipinski definition) is 0. The van der Waals surface area contributed by atoms with Crippen LogP contribution in [0.5, 0.6) is 0 Å².